The standard InChI is InChI=1S/C21H12F3N3O2/c22-21(23,24)16-12-13(29-20-15-7-11-28-18(15)6-8-26-20)4-5-14(16)17-2-1-3-19-25-9-10-27(17)19/h1-12H. The second-order valence-electron chi connectivity index (χ2n) is 6.32. The molecule has 0 radical (unpaired) electrons. The van der Waals surface area contributed by atoms with Crippen LogP contribution in [0.25, 0.3) is 27.9 Å². The fourth-order valence-electron chi connectivity index (χ4n) is 3.27. The van der Waals surface area contributed by atoms with Crippen LogP contribution in [-0.4, -0.2) is 14.4 Å². The third kappa shape index (κ3) is 2.98. The summed E-state index contributed by atoms with van der Waals surface area (Å²) in [6.45, 7) is 0. The molecule has 0 saturated heterocycles. The van der Waals surface area contributed by atoms with E-state index in [0.29, 0.717) is 22.3 Å². The first-order valence-electron chi connectivity index (χ1n) is 8.64. The minimum absolute atomic E-state index is 0.0279. The molecule has 0 N–H and O–H groups in total. The number of aromatic nitrogens is 3. The molecule has 0 aliphatic carbocycles. The number of pyridine rings is 2. The molecular formula is C21H12F3N3O2. The second-order valence-corrected chi connectivity index (χ2v) is 6.32. The van der Waals surface area contributed by atoms with Gasteiger partial charge in [0.1, 0.15) is 17.0 Å². The quantitative estimate of drug-likeness (QED) is 0.379. The van der Waals surface area contributed by atoms with Gasteiger partial charge in [0.25, 0.3) is 0 Å². The highest BCUT2D eigenvalue weighted by Gasteiger charge is 2.35. The molecule has 4 heterocycles. The maximum atomic E-state index is 13.9. The Morgan fingerprint density at radius 3 is 2.72 bits per heavy atom. The number of rotatable bonds is 3. The molecule has 0 bridgehead atoms. The summed E-state index contributed by atoms with van der Waals surface area (Å²) in [4.78, 5) is 8.24. The second kappa shape index (κ2) is 6.37. The van der Waals surface area contributed by atoms with E-state index >= 15 is 0 Å². The molecule has 0 unspecified atom stereocenters. The maximum Gasteiger partial charge on any atom is 0.417 e. The zero-order chi connectivity index (χ0) is 20.0. The number of benzene rings is 1. The molecule has 0 fully saturated rings. The van der Waals surface area contributed by atoms with Crippen LogP contribution in [0.3, 0.4) is 0 Å². The van der Waals surface area contributed by atoms with Crippen molar-refractivity contribution in [1.82, 2.24) is 14.4 Å². The number of fused-ring (bicyclic) bond motifs is 2. The van der Waals surface area contributed by atoms with Gasteiger partial charge >= 0.3 is 6.18 Å². The van der Waals surface area contributed by atoms with E-state index in [-0.39, 0.29) is 17.2 Å². The van der Waals surface area contributed by atoms with E-state index in [1.165, 1.54) is 24.6 Å². The smallest absolute Gasteiger partial charge is 0.417 e. The van der Waals surface area contributed by atoms with Crippen LogP contribution in [0.15, 0.2) is 77.8 Å². The molecule has 0 spiro atoms. The Morgan fingerprint density at radius 2 is 1.86 bits per heavy atom. The third-order valence-corrected chi connectivity index (χ3v) is 4.56. The topological polar surface area (TPSA) is 52.6 Å². The number of furan rings is 1. The first-order valence-corrected chi connectivity index (χ1v) is 8.64. The summed E-state index contributed by atoms with van der Waals surface area (Å²) in [7, 11) is 0. The van der Waals surface area contributed by atoms with Gasteiger partial charge in [-0.05, 0) is 42.5 Å². The van der Waals surface area contributed by atoms with Gasteiger partial charge in [-0.25, -0.2) is 9.97 Å². The van der Waals surface area contributed by atoms with Gasteiger partial charge in [-0.15, -0.1) is 0 Å². The van der Waals surface area contributed by atoms with Crippen molar-refractivity contribution >= 4 is 16.6 Å². The molecule has 0 aliphatic rings. The predicted molar refractivity (Wildman–Crippen MR) is 99.7 cm³/mol. The van der Waals surface area contributed by atoms with E-state index in [1.807, 2.05) is 0 Å². The lowest BCUT2D eigenvalue weighted by molar-refractivity contribution is -0.137. The highest BCUT2D eigenvalue weighted by Crippen LogP contribution is 2.40. The number of alkyl halides is 3. The van der Waals surface area contributed by atoms with Crippen molar-refractivity contribution in [2.45, 2.75) is 6.18 Å². The van der Waals surface area contributed by atoms with Crippen molar-refractivity contribution in [2.75, 3.05) is 0 Å². The van der Waals surface area contributed by atoms with E-state index in [4.69, 9.17) is 9.15 Å². The van der Waals surface area contributed by atoms with Crippen molar-refractivity contribution in [1.29, 1.82) is 0 Å². The lowest BCUT2D eigenvalue weighted by atomic mass is 10.0. The summed E-state index contributed by atoms with van der Waals surface area (Å²) in [5, 5.41) is 0.577. The Labute approximate surface area is 162 Å². The highest BCUT2D eigenvalue weighted by molar-refractivity contribution is 5.82. The fraction of sp³-hybridized carbons (Fsp3) is 0.0476. The van der Waals surface area contributed by atoms with Crippen LogP contribution in [0.5, 0.6) is 11.6 Å². The number of imidazole rings is 1. The van der Waals surface area contributed by atoms with Crippen LogP contribution in [0, 0.1) is 0 Å². The third-order valence-electron chi connectivity index (χ3n) is 4.56. The molecule has 0 saturated carbocycles. The molecule has 0 aliphatic heterocycles. The van der Waals surface area contributed by atoms with Crippen LogP contribution in [0.2, 0.25) is 0 Å². The van der Waals surface area contributed by atoms with Gasteiger partial charge in [0.2, 0.25) is 5.88 Å². The SMILES string of the molecule is FC(F)(F)c1cc(Oc2nccc3occc23)ccc1-c1cccc2nccn12. The monoisotopic (exact) mass is 395 g/mol. The van der Waals surface area contributed by atoms with Crippen molar-refractivity contribution in [3.8, 4) is 22.9 Å². The Balaban J connectivity index is 1.63. The van der Waals surface area contributed by atoms with E-state index in [2.05, 4.69) is 9.97 Å². The van der Waals surface area contributed by atoms with Gasteiger partial charge in [-0.1, -0.05) is 6.07 Å². The minimum atomic E-state index is -4.58. The van der Waals surface area contributed by atoms with E-state index in [9.17, 15) is 13.2 Å². The molecular weight excluding hydrogens is 383 g/mol. The van der Waals surface area contributed by atoms with Crippen LogP contribution in [0.1, 0.15) is 5.56 Å². The highest BCUT2D eigenvalue weighted by atomic mass is 19.4. The van der Waals surface area contributed by atoms with Gasteiger partial charge in [0.15, 0.2) is 0 Å². The van der Waals surface area contributed by atoms with Crippen molar-refractivity contribution in [2.24, 2.45) is 0 Å². The van der Waals surface area contributed by atoms with Crippen molar-refractivity contribution in [3.05, 3.63) is 78.9 Å². The first-order chi connectivity index (χ1) is 14.0. The number of hydrogen-bond acceptors (Lipinski definition) is 4. The van der Waals surface area contributed by atoms with Crippen molar-refractivity contribution in [3.63, 3.8) is 0 Å². The molecule has 5 rings (SSSR count). The summed E-state index contributed by atoms with van der Waals surface area (Å²) in [6, 6.07) is 12.2. The maximum absolute atomic E-state index is 13.9. The molecule has 5 aromatic rings. The Kier molecular flexibility index (Phi) is 3.80. The lowest BCUT2D eigenvalue weighted by Gasteiger charge is -2.16. The Hall–Kier alpha value is -3.81. The summed E-state index contributed by atoms with van der Waals surface area (Å²) in [5.74, 6) is 0.203. The van der Waals surface area contributed by atoms with E-state index in [1.54, 1.807) is 47.1 Å². The Bertz CT molecular complexity index is 1340. The molecule has 1 aromatic carbocycles. The lowest BCUT2D eigenvalue weighted by Crippen LogP contribution is -2.08. The average molecular weight is 395 g/mol. The van der Waals surface area contributed by atoms with Gasteiger partial charge in [-0.2, -0.15) is 13.2 Å². The Morgan fingerprint density at radius 1 is 0.966 bits per heavy atom. The van der Waals surface area contributed by atoms with Crippen molar-refractivity contribution < 1.29 is 22.3 Å². The molecule has 8 heteroatoms. The van der Waals surface area contributed by atoms with Crippen LogP contribution in [-0.2, 0) is 6.18 Å². The average Bonchev–Trinajstić information content (AvgIpc) is 3.37. The predicted octanol–water partition coefficient (Wildman–Crippen LogP) is 5.95. The molecule has 29 heavy (non-hydrogen) atoms. The number of hydrogen-bond donors (Lipinski definition) is 0. The minimum Gasteiger partial charge on any atom is -0.464 e. The van der Waals surface area contributed by atoms with Gasteiger partial charge in [-0.3, -0.25) is 4.40 Å². The summed E-state index contributed by atoms with van der Waals surface area (Å²) in [6.07, 6.45) is 1.53. The zero-order valence-corrected chi connectivity index (χ0v) is 14.7. The summed E-state index contributed by atoms with van der Waals surface area (Å²) >= 11 is 0. The molecule has 0 amide bonds. The molecule has 144 valence electrons. The first kappa shape index (κ1) is 17.3. The fourth-order valence-corrected chi connectivity index (χ4v) is 3.27. The van der Waals surface area contributed by atoms with E-state index < -0.39 is 11.7 Å². The van der Waals surface area contributed by atoms with Gasteiger partial charge < -0.3 is 9.15 Å². The van der Waals surface area contributed by atoms with Gasteiger partial charge in [0, 0.05) is 24.2 Å². The number of ether oxygens (including phenoxy) is 1. The number of nitrogens with zero attached hydrogens (tertiary/aromatic N) is 3. The van der Waals surface area contributed by atoms with Gasteiger partial charge in [0.05, 0.1) is 22.9 Å². The normalized spacial score (nSPS) is 12.0. The zero-order valence-electron chi connectivity index (χ0n) is 14.7. The molecule has 0 atom stereocenters. The molecule has 4 aromatic heterocycles. The largest absolute Gasteiger partial charge is 0.464 e. The van der Waals surface area contributed by atoms with E-state index in [0.717, 1.165) is 6.07 Å². The summed E-state index contributed by atoms with van der Waals surface area (Å²) in [5.41, 5.74) is 0.702. The van der Waals surface area contributed by atoms with Crippen LogP contribution >= 0.6 is 0 Å². The number of halogens is 3. The summed E-state index contributed by atoms with van der Waals surface area (Å²) < 4.78 is 54.2. The molecule has 5 nitrogen and oxygen atoms in total. The van der Waals surface area contributed by atoms with Crippen LogP contribution in [0.4, 0.5) is 13.2 Å². The van der Waals surface area contributed by atoms with Crippen LogP contribution < -0.4 is 4.74 Å².